The number of esters is 1. The Morgan fingerprint density at radius 2 is 2.24 bits per heavy atom. The summed E-state index contributed by atoms with van der Waals surface area (Å²) in [4.78, 5) is 15.9. The Bertz CT molecular complexity index is 373. The number of fused-ring (bicyclic) bond motifs is 1. The molecular weight excluding hydrogens is 234 g/mol. The van der Waals surface area contributed by atoms with Gasteiger partial charge in [-0.3, -0.25) is 0 Å². The molecule has 2 heterocycles. The van der Waals surface area contributed by atoms with Crippen LogP contribution in [0.3, 0.4) is 0 Å². The molecule has 0 amide bonds. The van der Waals surface area contributed by atoms with Crippen LogP contribution in [-0.2, 0) is 17.7 Å². The SMILES string of the molecule is CC.CCOC(=O)c1cc2c(s1)CCN(C)C2. The van der Waals surface area contributed by atoms with E-state index in [1.54, 1.807) is 11.3 Å². The van der Waals surface area contributed by atoms with Crippen molar-refractivity contribution in [3.05, 3.63) is 21.4 Å². The Labute approximate surface area is 107 Å². The third-order valence-electron chi connectivity index (χ3n) is 2.53. The number of rotatable bonds is 2. The van der Waals surface area contributed by atoms with Gasteiger partial charge in [-0.2, -0.15) is 0 Å². The number of carbonyl (C=O) groups is 1. The van der Waals surface area contributed by atoms with Gasteiger partial charge < -0.3 is 9.64 Å². The van der Waals surface area contributed by atoms with Crippen LogP contribution < -0.4 is 0 Å². The van der Waals surface area contributed by atoms with Crippen molar-refractivity contribution in [1.82, 2.24) is 4.90 Å². The molecule has 1 aromatic heterocycles. The predicted molar refractivity (Wildman–Crippen MR) is 71.7 cm³/mol. The summed E-state index contributed by atoms with van der Waals surface area (Å²) in [6, 6.07) is 1.98. The Kier molecular flexibility index (Phi) is 5.65. The van der Waals surface area contributed by atoms with Crippen molar-refractivity contribution in [2.24, 2.45) is 0 Å². The average molecular weight is 255 g/mol. The van der Waals surface area contributed by atoms with Gasteiger partial charge in [0.2, 0.25) is 0 Å². The zero-order chi connectivity index (χ0) is 12.8. The van der Waals surface area contributed by atoms with Gasteiger partial charge in [0.15, 0.2) is 0 Å². The van der Waals surface area contributed by atoms with Crippen LogP contribution in [0.4, 0.5) is 0 Å². The Balaban J connectivity index is 0.000000686. The van der Waals surface area contributed by atoms with Gasteiger partial charge in [0.05, 0.1) is 6.61 Å². The number of likely N-dealkylation sites (N-methyl/N-ethyl adjacent to an activating group) is 1. The third kappa shape index (κ3) is 3.54. The number of nitrogens with zero attached hydrogens (tertiary/aromatic N) is 1. The van der Waals surface area contributed by atoms with E-state index in [1.165, 1.54) is 10.4 Å². The molecule has 1 aliphatic heterocycles. The summed E-state index contributed by atoms with van der Waals surface area (Å²) in [6.07, 6.45) is 1.05. The van der Waals surface area contributed by atoms with Crippen LogP contribution in [0.25, 0.3) is 0 Å². The highest BCUT2D eigenvalue weighted by Crippen LogP contribution is 2.27. The quantitative estimate of drug-likeness (QED) is 0.761. The van der Waals surface area contributed by atoms with Crippen molar-refractivity contribution in [2.45, 2.75) is 33.7 Å². The average Bonchev–Trinajstić information content (AvgIpc) is 2.75. The second-order valence-electron chi connectivity index (χ2n) is 3.77. The number of thiophene rings is 1. The second-order valence-corrected chi connectivity index (χ2v) is 4.90. The molecular formula is C13H21NO2S. The fourth-order valence-corrected chi connectivity index (χ4v) is 2.83. The van der Waals surface area contributed by atoms with Crippen molar-refractivity contribution in [3.63, 3.8) is 0 Å². The number of ether oxygens (including phenoxy) is 1. The first-order valence-corrected chi connectivity index (χ1v) is 6.99. The van der Waals surface area contributed by atoms with Crippen LogP contribution in [-0.4, -0.2) is 31.1 Å². The maximum absolute atomic E-state index is 11.5. The lowest BCUT2D eigenvalue weighted by Crippen LogP contribution is -2.25. The first kappa shape index (κ1) is 14.2. The molecule has 0 aliphatic carbocycles. The summed E-state index contributed by atoms with van der Waals surface area (Å²) in [6.45, 7) is 8.31. The zero-order valence-corrected chi connectivity index (χ0v) is 11.9. The predicted octanol–water partition coefficient (Wildman–Crippen LogP) is 2.94. The van der Waals surface area contributed by atoms with Crippen molar-refractivity contribution in [2.75, 3.05) is 20.2 Å². The first-order chi connectivity index (χ1) is 8.20. The highest BCUT2D eigenvalue weighted by atomic mass is 32.1. The molecule has 4 heteroatoms. The van der Waals surface area contributed by atoms with E-state index >= 15 is 0 Å². The smallest absolute Gasteiger partial charge is 0.348 e. The van der Waals surface area contributed by atoms with Gasteiger partial charge >= 0.3 is 5.97 Å². The molecule has 0 fully saturated rings. The highest BCUT2D eigenvalue weighted by molar-refractivity contribution is 7.14. The van der Waals surface area contributed by atoms with Crippen LogP contribution in [0, 0.1) is 0 Å². The minimum Gasteiger partial charge on any atom is -0.462 e. The lowest BCUT2D eigenvalue weighted by molar-refractivity contribution is 0.0532. The van der Waals surface area contributed by atoms with Gasteiger partial charge in [0, 0.05) is 18.0 Å². The minimum atomic E-state index is -0.181. The van der Waals surface area contributed by atoms with E-state index in [2.05, 4.69) is 11.9 Å². The summed E-state index contributed by atoms with van der Waals surface area (Å²) < 4.78 is 4.99. The Morgan fingerprint density at radius 1 is 1.53 bits per heavy atom. The van der Waals surface area contributed by atoms with Crippen molar-refractivity contribution in [1.29, 1.82) is 0 Å². The lowest BCUT2D eigenvalue weighted by atomic mass is 10.1. The van der Waals surface area contributed by atoms with Gasteiger partial charge in [0.1, 0.15) is 4.88 Å². The monoisotopic (exact) mass is 255 g/mol. The summed E-state index contributed by atoms with van der Waals surface area (Å²) in [5, 5.41) is 0. The maximum Gasteiger partial charge on any atom is 0.348 e. The van der Waals surface area contributed by atoms with E-state index < -0.39 is 0 Å². The van der Waals surface area contributed by atoms with Crippen molar-refractivity contribution >= 4 is 17.3 Å². The number of hydrogen-bond donors (Lipinski definition) is 0. The molecule has 0 bridgehead atoms. The highest BCUT2D eigenvalue weighted by Gasteiger charge is 2.19. The molecule has 17 heavy (non-hydrogen) atoms. The Hall–Kier alpha value is -0.870. The molecule has 0 aromatic carbocycles. The van der Waals surface area contributed by atoms with Gasteiger partial charge in [-0.25, -0.2) is 4.79 Å². The van der Waals surface area contributed by atoms with Crippen LogP contribution >= 0.6 is 11.3 Å². The molecule has 0 unspecified atom stereocenters. The van der Waals surface area contributed by atoms with Gasteiger partial charge in [-0.15, -0.1) is 11.3 Å². The van der Waals surface area contributed by atoms with Crippen molar-refractivity contribution in [3.8, 4) is 0 Å². The molecule has 0 saturated carbocycles. The Morgan fingerprint density at radius 3 is 2.88 bits per heavy atom. The number of hydrogen-bond acceptors (Lipinski definition) is 4. The minimum absolute atomic E-state index is 0.181. The summed E-state index contributed by atoms with van der Waals surface area (Å²) in [5.41, 5.74) is 1.29. The third-order valence-corrected chi connectivity index (χ3v) is 3.75. The lowest BCUT2D eigenvalue weighted by Gasteiger charge is -2.21. The van der Waals surface area contributed by atoms with E-state index in [0.29, 0.717) is 6.61 Å². The molecule has 0 atom stereocenters. The molecule has 0 N–H and O–H groups in total. The van der Waals surface area contributed by atoms with Crippen LogP contribution in [0.2, 0.25) is 0 Å². The zero-order valence-electron chi connectivity index (χ0n) is 11.1. The largest absolute Gasteiger partial charge is 0.462 e. The summed E-state index contributed by atoms with van der Waals surface area (Å²) >= 11 is 1.58. The summed E-state index contributed by atoms with van der Waals surface area (Å²) in [7, 11) is 2.10. The molecule has 1 aliphatic rings. The van der Waals surface area contributed by atoms with Crippen molar-refractivity contribution < 1.29 is 9.53 Å². The second kappa shape index (κ2) is 6.77. The standard InChI is InChI=1S/C11H15NO2S.C2H6/c1-3-14-11(13)10-6-8-7-12(2)5-4-9(8)15-10;1-2/h6H,3-5,7H2,1-2H3;1-2H3. The molecule has 0 radical (unpaired) electrons. The first-order valence-electron chi connectivity index (χ1n) is 6.18. The summed E-state index contributed by atoms with van der Waals surface area (Å²) in [5.74, 6) is -0.181. The fourth-order valence-electron chi connectivity index (χ4n) is 1.78. The van der Waals surface area contributed by atoms with E-state index in [-0.39, 0.29) is 5.97 Å². The van der Waals surface area contributed by atoms with Crippen LogP contribution in [0.5, 0.6) is 0 Å². The molecule has 0 spiro atoms. The maximum atomic E-state index is 11.5. The molecule has 96 valence electrons. The normalized spacial score (nSPS) is 14.6. The van der Waals surface area contributed by atoms with E-state index in [9.17, 15) is 4.79 Å². The van der Waals surface area contributed by atoms with Gasteiger partial charge in [0.25, 0.3) is 0 Å². The van der Waals surface area contributed by atoms with Crippen LogP contribution in [0.1, 0.15) is 40.9 Å². The van der Waals surface area contributed by atoms with Crippen LogP contribution in [0.15, 0.2) is 6.07 Å². The molecule has 1 aromatic rings. The van der Waals surface area contributed by atoms with E-state index in [1.807, 2.05) is 26.8 Å². The number of carbonyl (C=O) groups excluding carboxylic acids is 1. The van der Waals surface area contributed by atoms with E-state index in [0.717, 1.165) is 24.4 Å². The van der Waals surface area contributed by atoms with E-state index in [4.69, 9.17) is 4.74 Å². The molecule has 2 rings (SSSR count). The molecule has 3 nitrogen and oxygen atoms in total. The van der Waals surface area contributed by atoms with Gasteiger partial charge in [-0.1, -0.05) is 13.8 Å². The van der Waals surface area contributed by atoms with Gasteiger partial charge in [-0.05, 0) is 32.0 Å². The topological polar surface area (TPSA) is 29.5 Å². The fraction of sp³-hybridized carbons (Fsp3) is 0.615. The molecule has 0 saturated heterocycles.